The first-order valence-electron chi connectivity index (χ1n) is 12.2. The minimum absolute atomic E-state index is 0.119. The molecule has 1 aliphatic carbocycles. The molecule has 1 saturated heterocycles. The molecule has 4 aromatic rings. The number of benzene rings is 2. The highest BCUT2D eigenvalue weighted by Gasteiger charge is 2.46. The van der Waals surface area contributed by atoms with E-state index in [9.17, 15) is 9.59 Å². The lowest BCUT2D eigenvalue weighted by Crippen LogP contribution is -2.61. The Kier molecular flexibility index (Phi) is 5.52. The van der Waals surface area contributed by atoms with Crippen LogP contribution < -0.4 is 10.2 Å². The number of nitrogens with zero attached hydrogens (tertiary/aromatic N) is 4. The Morgan fingerprint density at radius 1 is 1.03 bits per heavy atom. The number of rotatable bonds is 3. The van der Waals surface area contributed by atoms with Gasteiger partial charge < -0.3 is 5.32 Å². The molecule has 0 radical (unpaired) electrons. The molecule has 2 fully saturated rings. The van der Waals surface area contributed by atoms with E-state index >= 15 is 0 Å². The van der Waals surface area contributed by atoms with Crippen molar-refractivity contribution in [1.82, 2.24) is 20.1 Å². The number of fused-ring (bicyclic) bond motifs is 2. The Labute approximate surface area is 214 Å². The predicted octanol–water partition coefficient (Wildman–Crippen LogP) is 5.61. The van der Waals surface area contributed by atoms with E-state index in [0.29, 0.717) is 23.6 Å². The summed E-state index contributed by atoms with van der Waals surface area (Å²) in [6, 6.07) is 13.0. The highest BCUT2D eigenvalue weighted by atomic mass is 35.5. The maximum absolute atomic E-state index is 13.7. The van der Waals surface area contributed by atoms with Crippen LogP contribution in [0.25, 0.3) is 21.9 Å². The van der Waals surface area contributed by atoms with Crippen molar-refractivity contribution < 1.29 is 9.59 Å². The minimum atomic E-state index is -0.400. The summed E-state index contributed by atoms with van der Waals surface area (Å²) in [6.07, 6.45) is 7.47. The molecular weight excluding hydrogens is 474 g/mol. The second-order valence-electron chi connectivity index (χ2n) is 9.73. The molecule has 3 amide bonds. The van der Waals surface area contributed by atoms with E-state index in [1.54, 1.807) is 12.4 Å². The molecule has 2 aromatic carbocycles. The van der Waals surface area contributed by atoms with Gasteiger partial charge in [-0.2, -0.15) is 5.10 Å². The average Bonchev–Trinajstić information content (AvgIpc) is 3.21. The van der Waals surface area contributed by atoms with Gasteiger partial charge in [-0.25, -0.2) is 9.69 Å². The van der Waals surface area contributed by atoms with Gasteiger partial charge in [0.05, 0.1) is 23.5 Å². The van der Waals surface area contributed by atoms with Crippen LogP contribution in [0.2, 0.25) is 5.02 Å². The number of urea groups is 1. The summed E-state index contributed by atoms with van der Waals surface area (Å²) in [5.74, 6) is -0.333. The molecule has 1 N–H and O–H groups in total. The van der Waals surface area contributed by atoms with Crippen molar-refractivity contribution in [2.75, 3.05) is 4.90 Å². The third-order valence-corrected chi connectivity index (χ3v) is 7.88. The van der Waals surface area contributed by atoms with Crippen LogP contribution in [0.15, 0.2) is 61.1 Å². The molecule has 0 bridgehead atoms. The first-order chi connectivity index (χ1) is 17.4. The fourth-order valence-corrected chi connectivity index (χ4v) is 6.26. The Morgan fingerprint density at radius 2 is 1.86 bits per heavy atom. The van der Waals surface area contributed by atoms with Crippen LogP contribution in [0, 0.1) is 12.8 Å². The normalized spacial score (nSPS) is 22.0. The number of hydrogen-bond acceptors (Lipinski definition) is 4. The van der Waals surface area contributed by atoms with Crippen LogP contribution in [0.1, 0.15) is 36.4 Å². The lowest BCUT2D eigenvalue weighted by atomic mass is 9.72. The molecule has 8 heteroatoms. The van der Waals surface area contributed by atoms with Crippen LogP contribution >= 0.6 is 11.6 Å². The van der Waals surface area contributed by atoms with Gasteiger partial charge in [-0.15, -0.1) is 0 Å². The largest absolute Gasteiger partial charge is 0.334 e. The van der Waals surface area contributed by atoms with Gasteiger partial charge in [0, 0.05) is 46.8 Å². The number of carbonyl (C=O) groups excluding carboxylic acids is 2. The Bertz CT molecular complexity index is 1510. The number of aromatic nitrogens is 3. The van der Waals surface area contributed by atoms with Crippen LogP contribution in [0.5, 0.6) is 0 Å². The van der Waals surface area contributed by atoms with Gasteiger partial charge in [0.1, 0.15) is 0 Å². The molecule has 6 rings (SSSR count). The first kappa shape index (κ1) is 22.7. The Hall–Kier alpha value is -3.71. The maximum atomic E-state index is 13.7. The lowest BCUT2D eigenvalue weighted by Gasteiger charge is -2.43. The van der Waals surface area contributed by atoms with Gasteiger partial charge >= 0.3 is 6.03 Å². The highest BCUT2D eigenvalue weighted by Crippen LogP contribution is 2.45. The number of nitrogens with one attached hydrogen (secondary N) is 1. The van der Waals surface area contributed by atoms with E-state index in [0.717, 1.165) is 39.6 Å². The second kappa shape index (κ2) is 8.75. The van der Waals surface area contributed by atoms with E-state index in [4.69, 9.17) is 11.6 Å². The summed E-state index contributed by atoms with van der Waals surface area (Å²) in [5.41, 5.74) is 4.65. The molecule has 0 spiro atoms. The maximum Gasteiger partial charge on any atom is 0.329 e. The first-order valence-corrected chi connectivity index (χ1v) is 12.6. The van der Waals surface area contributed by atoms with Crippen LogP contribution in [0.4, 0.5) is 10.5 Å². The van der Waals surface area contributed by atoms with Crippen molar-refractivity contribution in [3.63, 3.8) is 0 Å². The molecular formula is C28H26ClN5O2. The van der Waals surface area contributed by atoms with Crippen molar-refractivity contribution in [2.45, 2.75) is 38.1 Å². The van der Waals surface area contributed by atoms with E-state index in [1.165, 1.54) is 4.90 Å². The molecule has 3 heterocycles. The molecule has 2 aliphatic rings. The standard InChI is InChI=1S/C28H26ClN5O2/c1-16-22(15-33(2)32-16)20-8-5-9-23(29)26(20)17-10-11-21-24(12-17)31-28(36)34(27(21)35)25-14-30-13-18-6-3-4-7-19(18)25/h3-9,13-15,17,21,24H,10-12H2,1-2H3,(H,31,36). The van der Waals surface area contributed by atoms with Gasteiger partial charge in [0.2, 0.25) is 5.91 Å². The molecule has 3 atom stereocenters. The van der Waals surface area contributed by atoms with Crippen molar-refractivity contribution in [1.29, 1.82) is 0 Å². The zero-order valence-electron chi connectivity index (χ0n) is 20.1. The Morgan fingerprint density at radius 3 is 2.67 bits per heavy atom. The van der Waals surface area contributed by atoms with E-state index in [-0.39, 0.29) is 23.8 Å². The molecule has 3 unspecified atom stereocenters. The van der Waals surface area contributed by atoms with Crippen LogP contribution in [-0.2, 0) is 11.8 Å². The molecule has 7 nitrogen and oxygen atoms in total. The number of carbonyl (C=O) groups is 2. The molecule has 182 valence electrons. The smallest absolute Gasteiger partial charge is 0.329 e. The zero-order valence-corrected chi connectivity index (χ0v) is 20.9. The quantitative estimate of drug-likeness (QED) is 0.397. The Balaban J connectivity index is 1.31. The fraction of sp³-hybridized carbons (Fsp3) is 0.286. The van der Waals surface area contributed by atoms with Crippen LogP contribution in [-0.4, -0.2) is 32.7 Å². The number of aryl methyl sites for hydroxylation is 2. The van der Waals surface area contributed by atoms with E-state index in [1.807, 2.05) is 61.2 Å². The predicted molar refractivity (Wildman–Crippen MR) is 140 cm³/mol. The second-order valence-corrected chi connectivity index (χ2v) is 10.1. The van der Waals surface area contributed by atoms with Crippen molar-refractivity contribution in [3.8, 4) is 11.1 Å². The summed E-state index contributed by atoms with van der Waals surface area (Å²) in [4.78, 5) is 32.5. The number of amides is 3. The minimum Gasteiger partial charge on any atom is -0.334 e. The molecule has 1 aliphatic heterocycles. The molecule has 2 aromatic heterocycles. The number of hydrogen-bond donors (Lipinski definition) is 1. The summed E-state index contributed by atoms with van der Waals surface area (Å²) < 4.78 is 1.81. The van der Waals surface area contributed by atoms with Crippen LogP contribution in [0.3, 0.4) is 0 Å². The third kappa shape index (κ3) is 3.66. The summed E-state index contributed by atoms with van der Waals surface area (Å²) >= 11 is 6.77. The fourth-order valence-electron chi connectivity index (χ4n) is 5.93. The zero-order chi connectivity index (χ0) is 25.0. The van der Waals surface area contributed by atoms with E-state index < -0.39 is 6.03 Å². The van der Waals surface area contributed by atoms with Gasteiger partial charge in [-0.3, -0.25) is 14.5 Å². The third-order valence-electron chi connectivity index (χ3n) is 7.55. The monoisotopic (exact) mass is 499 g/mol. The topological polar surface area (TPSA) is 80.1 Å². The number of imide groups is 1. The van der Waals surface area contributed by atoms with E-state index in [2.05, 4.69) is 21.5 Å². The number of anilines is 1. The summed E-state index contributed by atoms with van der Waals surface area (Å²) in [7, 11) is 1.91. The highest BCUT2D eigenvalue weighted by molar-refractivity contribution is 6.32. The van der Waals surface area contributed by atoms with Gasteiger partial charge in [-0.05, 0) is 49.3 Å². The van der Waals surface area contributed by atoms with Crippen molar-refractivity contribution >= 4 is 40.0 Å². The van der Waals surface area contributed by atoms with Gasteiger partial charge in [-0.1, -0.05) is 48.0 Å². The number of halogens is 1. The van der Waals surface area contributed by atoms with Gasteiger partial charge in [0.25, 0.3) is 0 Å². The van der Waals surface area contributed by atoms with Gasteiger partial charge in [0.15, 0.2) is 0 Å². The SMILES string of the molecule is Cc1nn(C)cc1-c1cccc(Cl)c1C1CCC2C(=O)N(c3cncc4ccccc34)C(=O)NC2C1. The number of pyridine rings is 1. The average molecular weight is 500 g/mol. The lowest BCUT2D eigenvalue weighted by molar-refractivity contribution is -0.124. The summed E-state index contributed by atoms with van der Waals surface area (Å²) in [5, 5.41) is 10.1. The summed E-state index contributed by atoms with van der Waals surface area (Å²) in [6.45, 7) is 1.99. The molecule has 1 saturated carbocycles. The van der Waals surface area contributed by atoms with Crippen molar-refractivity contribution in [3.05, 3.63) is 77.3 Å². The molecule has 36 heavy (non-hydrogen) atoms. The van der Waals surface area contributed by atoms with Crippen molar-refractivity contribution in [2.24, 2.45) is 13.0 Å².